The second-order valence-corrected chi connectivity index (χ2v) is 4.28. The first-order valence-corrected chi connectivity index (χ1v) is 5.69. The van der Waals surface area contributed by atoms with Crippen molar-refractivity contribution in [1.82, 2.24) is 4.90 Å². The molecule has 2 atom stereocenters. The predicted octanol–water partition coefficient (Wildman–Crippen LogP) is -0.984. The van der Waals surface area contributed by atoms with Gasteiger partial charge in [0, 0.05) is 18.1 Å². The van der Waals surface area contributed by atoms with Gasteiger partial charge in [-0.1, -0.05) is 0 Å². The van der Waals surface area contributed by atoms with Crippen molar-refractivity contribution in [3.63, 3.8) is 0 Å². The molecule has 1 heterocycles. The maximum absolute atomic E-state index is 10.7. The smallest absolute Gasteiger partial charge is 0.404 e. The number of nitrogens with zero attached hydrogens (tertiary/aromatic N) is 1. The molecule has 3 N–H and O–H groups in total. The van der Waals surface area contributed by atoms with Crippen LogP contribution < -0.4 is 5.73 Å². The average Bonchev–Trinajstić information content (AvgIpc) is 2.25. The Labute approximate surface area is 91.7 Å². The number of aliphatic hydroxyl groups is 1. The first-order chi connectivity index (χ1) is 7.15. The van der Waals surface area contributed by atoms with Crippen LogP contribution in [0.25, 0.3) is 0 Å². The molecule has 15 heavy (non-hydrogen) atoms. The molecule has 7 heteroatoms. The minimum absolute atomic E-state index is 0.204. The molecule has 1 saturated heterocycles. The minimum atomic E-state index is -0.964. The van der Waals surface area contributed by atoms with Crippen molar-refractivity contribution in [2.75, 3.05) is 24.7 Å². The molecule has 1 amide bonds. The van der Waals surface area contributed by atoms with Crippen LogP contribution >= 0.6 is 11.8 Å². The highest BCUT2D eigenvalue weighted by molar-refractivity contribution is 7.99. The molecule has 1 aliphatic rings. The van der Waals surface area contributed by atoms with Crippen LogP contribution in [0, 0.1) is 0 Å². The van der Waals surface area contributed by atoms with Crippen LogP contribution in [0.2, 0.25) is 0 Å². The molecule has 0 bridgehead atoms. The van der Waals surface area contributed by atoms with Crippen molar-refractivity contribution >= 4 is 24.1 Å². The zero-order valence-electron chi connectivity index (χ0n) is 8.17. The number of primary amides is 1. The Kier molecular flexibility index (Phi) is 4.86. The van der Waals surface area contributed by atoms with E-state index in [1.54, 1.807) is 16.7 Å². The Bertz CT molecular complexity index is 239. The number of hydrogen-bond donors (Lipinski definition) is 2. The highest BCUT2D eigenvalue weighted by Crippen LogP contribution is 2.16. The number of aldehydes is 1. The van der Waals surface area contributed by atoms with Gasteiger partial charge >= 0.3 is 6.09 Å². The van der Waals surface area contributed by atoms with Crippen molar-refractivity contribution in [3.05, 3.63) is 0 Å². The summed E-state index contributed by atoms with van der Waals surface area (Å²) in [6.45, 7) is 0.391. The maximum atomic E-state index is 10.7. The lowest BCUT2D eigenvalue weighted by atomic mass is 10.3. The summed E-state index contributed by atoms with van der Waals surface area (Å²) in [5.41, 5.74) is 4.77. The fraction of sp³-hybridized carbons (Fsp3) is 0.750. The van der Waals surface area contributed by atoms with E-state index in [0.717, 1.165) is 12.0 Å². The molecule has 2 unspecified atom stereocenters. The predicted molar refractivity (Wildman–Crippen MR) is 55.4 cm³/mol. The topological polar surface area (TPSA) is 92.9 Å². The summed E-state index contributed by atoms with van der Waals surface area (Å²) in [5, 5.41) is 9.65. The van der Waals surface area contributed by atoms with Gasteiger partial charge in [0.2, 0.25) is 0 Å². The van der Waals surface area contributed by atoms with Gasteiger partial charge in [0.1, 0.15) is 19.1 Å². The molecular formula is C8H14N2O4S. The van der Waals surface area contributed by atoms with Gasteiger partial charge in [0.05, 0.1) is 6.04 Å². The van der Waals surface area contributed by atoms with Crippen molar-refractivity contribution < 1.29 is 19.4 Å². The van der Waals surface area contributed by atoms with E-state index in [4.69, 9.17) is 5.73 Å². The third-order valence-electron chi connectivity index (χ3n) is 2.12. The fourth-order valence-electron chi connectivity index (χ4n) is 1.38. The van der Waals surface area contributed by atoms with Gasteiger partial charge < -0.3 is 20.4 Å². The van der Waals surface area contributed by atoms with Crippen molar-refractivity contribution in [2.45, 2.75) is 12.3 Å². The number of nitrogens with two attached hydrogens (primary N) is 1. The molecule has 1 rings (SSSR count). The van der Waals surface area contributed by atoms with Crippen molar-refractivity contribution in [3.8, 4) is 0 Å². The van der Waals surface area contributed by atoms with Gasteiger partial charge in [-0.05, 0) is 0 Å². The Hall–Kier alpha value is -0.790. The van der Waals surface area contributed by atoms with E-state index < -0.39 is 12.3 Å². The number of thioether (sulfide) groups is 1. The molecule has 0 saturated carbocycles. The third kappa shape index (κ3) is 3.69. The molecule has 0 spiro atoms. The lowest BCUT2D eigenvalue weighted by molar-refractivity contribution is -0.118. The van der Waals surface area contributed by atoms with Gasteiger partial charge in [0.15, 0.2) is 0 Å². The van der Waals surface area contributed by atoms with Crippen LogP contribution in [0.4, 0.5) is 4.79 Å². The number of ether oxygens (including phenoxy) is 1. The quantitative estimate of drug-likeness (QED) is 0.607. The zero-order valence-corrected chi connectivity index (χ0v) is 8.98. The number of hydrogen-bond acceptors (Lipinski definition) is 6. The molecule has 1 aliphatic heterocycles. The third-order valence-corrected chi connectivity index (χ3v) is 3.17. The molecule has 0 aromatic rings. The van der Waals surface area contributed by atoms with Gasteiger partial charge in [-0.15, -0.1) is 0 Å². The highest BCUT2D eigenvalue weighted by atomic mass is 32.2. The molecule has 0 aliphatic carbocycles. The Balaban J connectivity index is 2.44. The van der Waals surface area contributed by atoms with E-state index >= 15 is 0 Å². The van der Waals surface area contributed by atoms with Crippen LogP contribution in [0.15, 0.2) is 0 Å². The van der Waals surface area contributed by atoms with Crippen LogP contribution in [-0.2, 0) is 9.53 Å². The van der Waals surface area contributed by atoms with E-state index in [1.807, 2.05) is 0 Å². The van der Waals surface area contributed by atoms with Gasteiger partial charge in [0.25, 0.3) is 0 Å². The maximum Gasteiger partial charge on any atom is 0.404 e. The average molecular weight is 234 g/mol. The summed E-state index contributed by atoms with van der Waals surface area (Å²) in [7, 11) is 0. The fourth-order valence-corrected chi connectivity index (χ4v) is 2.39. The Morgan fingerprint density at radius 2 is 2.53 bits per heavy atom. The number of rotatable bonds is 4. The van der Waals surface area contributed by atoms with Gasteiger partial charge in [-0.25, -0.2) is 4.79 Å². The van der Waals surface area contributed by atoms with Crippen LogP contribution in [0.3, 0.4) is 0 Å². The molecule has 86 valence electrons. The van der Waals surface area contributed by atoms with E-state index in [2.05, 4.69) is 4.74 Å². The molecule has 0 aromatic carbocycles. The van der Waals surface area contributed by atoms with E-state index in [0.29, 0.717) is 12.3 Å². The van der Waals surface area contributed by atoms with E-state index in [1.165, 1.54) is 0 Å². The number of carbonyl (C=O) groups excluding carboxylic acids is 2. The molecule has 0 aromatic heterocycles. The summed E-state index contributed by atoms with van der Waals surface area (Å²) in [5.74, 6) is 1.50. The van der Waals surface area contributed by atoms with Gasteiger partial charge in [-0.3, -0.25) is 4.90 Å². The number of amides is 1. The molecule has 1 fully saturated rings. The standard InChI is InChI=1S/C8H14N2O4S/c9-8(13)14-4-7(12)10-1-2-15-5-6(10)3-11/h3,6-7,12H,1-2,4-5H2,(H2,9,13). The SMILES string of the molecule is NC(=O)OCC(O)N1CCSCC1C=O. The summed E-state index contributed by atoms with van der Waals surface area (Å²) in [6, 6.07) is -0.324. The van der Waals surface area contributed by atoms with Gasteiger partial charge in [-0.2, -0.15) is 11.8 Å². The monoisotopic (exact) mass is 234 g/mol. The zero-order chi connectivity index (χ0) is 11.3. The first-order valence-electron chi connectivity index (χ1n) is 4.54. The normalized spacial score (nSPS) is 24.5. The van der Waals surface area contributed by atoms with Crippen molar-refractivity contribution in [2.24, 2.45) is 5.73 Å². The summed E-state index contributed by atoms with van der Waals surface area (Å²) >= 11 is 1.66. The molecule has 0 radical (unpaired) electrons. The number of carbonyl (C=O) groups is 2. The van der Waals surface area contributed by atoms with Crippen LogP contribution in [0.5, 0.6) is 0 Å². The summed E-state index contributed by atoms with van der Waals surface area (Å²) < 4.78 is 4.47. The molecular weight excluding hydrogens is 220 g/mol. The number of aliphatic hydroxyl groups excluding tert-OH is 1. The van der Waals surface area contributed by atoms with Crippen molar-refractivity contribution in [1.29, 1.82) is 0 Å². The second-order valence-electron chi connectivity index (χ2n) is 3.13. The second kappa shape index (κ2) is 5.94. The lowest BCUT2D eigenvalue weighted by Crippen LogP contribution is -2.51. The largest absolute Gasteiger partial charge is 0.445 e. The van der Waals surface area contributed by atoms with E-state index in [-0.39, 0.29) is 12.6 Å². The highest BCUT2D eigenvalue weighted by Gasteiger charge is 2.28. The molecule has 6 nitrogen and oxygen atoms in total. The van der Waals surface area contributed by atoms with E-state index in [9.17, 15) is 14.7 Å². The Morgan fingerprint density at radius 1 is 1.80 bits per heavy atom. The van der Waals surface area contributed by atoms with Crippen LogP contribution in [-0.4, -0.2) is 59.3 Å². The Morgan fingerprint density at radius 3 is 3.13 bits per heavy atom. The lowest BCUT2D eigenvalue weighted by Gasteiger charge is -2.35. The van der Waals surface area contributed by atoms with Crippen LogP contribution in [0.1, 0.15) is 0 Å². The first kappa shape index (κ1) is 12.3. The summed E-state index contributed by atoms with van der Waals surface area (Å²) in [6.07, 6.45) is -1.10. The summed E-state index contributed by atoms with van der Waals surface area (Å²) in [4.78, 5) is 22.7. The minimum Gasteiger partial charge on any atom is -0.445 e.